The Bertz CT molecular complexity index is 593. The molecule has 0 spiro atoms. The summed E-state index contributed by atoms with van der Waals surface area (Å²) in [5.74, 6) is -0.603. The Morgan fingerprint density at radius 1 is 1.26 bits per heavy atom. The zero-order valence-corrected chi connectivity index (χ0v) is 10.0. The molecular formula is C11H7F3N2O2S. The first-order chi connectivity index (χ1) is 8.86. The lowest BCUT2D eigenvalue weighted by molar-refractivity contribution is -0.134. The van der Waals surface area contributed by atoms with Gasteiger partial charge in [0, 0.05) is 5.56 Å². The number of thiazole rings is 1. The van der Waals surface area contributed by atoms with Crippen LogP contribution in [0.15, 0.2) is 30.5 Å². The van der Waals surface area contributed by atoms with E-state index in [4.69, 9.17) is 5.11 Å². The van der Waals surface area contributed by atoms with Crippen molar-refractivity contribution in [3.05, 3.63) is 40.9 Å². The van der Waals surface area contributed by atoms with E-state index in [2.05, 4.69) is 10.3 Å². The van der Waals surface area contributed by atoms with E-state index in [1.807, 2.05) is 0 Å². The summed E-state index contributed by atoms with van der Waals surface area (Å²) in [5, 5.41) is 11.2. The maximum absolute atomic E-state index is 12.3. The summed E-state index contributed by atoms with van der Waals surface area (Å²) in [5.41, 5.74) is 0.210. The quantitative estimate of drug-likeness (QED) is 0.892. The van der Waals surface area contributed by atoms with Gasteiger partial charge in [0.25, 0.3) is 5.91 Å². The lowest BCUT2D eigenvalue weighted by Gasteiger charge is -2.02. The van der Waals surface area contributed by atoms with Crippen LogP contribution in [0.3, 0.4) is 0 Å². The molecule has 0 radical (unpaired) electrons. The van der Waals surface area contributed by atoms with Crippen molar-refractivity contribution in [3.8, 4) is 5.75 Å². The summed E-state index contributed by atoms with van der Waals surface area (Å²) in [6.45, 7) is 0. The van der Waals surface area contributed by atoms with Crippen molar-refractivity contribution in [3.63, 3.8) is 0 Å². The van der Waals surface area contributed by atoms with Crippen LogP contribution in [0.4, 0.5) is 18.3 Å². The van der Waals surface area contributed by atoms with E-state index in [1.54, 1.807) is 0 Å². The molecule has 1 aromatic carbocycles. The van der Waals surface area contributed by atoms with Crippen molar-refractivity contribution in [1.82, 2.24) is 4.98 Å². The number of amides is 1. The highest BCUT2D eigenvalue weighted by atomic mass is 32.1. The van der Waals surface area contributed by atoms with E-state index in [1.165, 1.54) is 24.3 Å². The predicted octanol–water partition coefficient (Wildman–Crippen LogP) is 3.12. The molecule has 0 saturated carbocycles. The zero-order valence-electron chi connectivity index (χ0n) is 9.23. The van der Waals surface area contributed by atoms with Crippen molar-refractivity contribution < 1.29 is 23.1 Å². The average Bonchev–Trinajstić information content (AvgIpc) is 2.78. The number of carbonyl (C=O) groups is 1. The van der Waals surface area contributed by atoms with Crippen LogP contribution in [-0.4, -0.2) is 16.0 Å². The van der Waals surface area contributed by atoms with Gasteiger partial charge in [-0.25, -0.2) is 4.98 Å². The van der Waals surface area contributed by atoms with Gasteiger partial charge in [-0.3, -0.25) is 10.1 Å². The van der Waals surface area contributed by atoms with Gasteiger partial charge in [0.2, 0.25) is 0 Å². The summed E-state index contributed by atoms with van der Waals surface area (Å²) in [7, 11) is 0. The Hall–Kier alpha value is -2.09. The molecular weight excluding hydrogens is 281 g/mol. The molecule has 0 bridgehead atoms. The third-order valence-corrected chi connectivity index (χ3v) is 3.09. The Morgan fingerprint density at radius 2 is 1.89 bits per heavy atom. The number of anilines is 1. The monoisotopic (exact) mass is 288 g/mol. The first-order valence-corrected chi connectivity index (χ1v) is 5.81. The molecule has 1 amide bonds. The van der Waals surface area contributed by atoms with Gasteiger partial charge in [-0.1, -0.05) is 11.3 Å². The van der Waals surface area contributed by atoms with Crippen LogP contribution in [0.2, 0.25) is 0 Å². The molecule has 0 unspecified atom stereocenters. The smallest absolute Gasteiger partial charge is 0.427 e. The number of nitrogens with one attached hydrogen (secondary N) is 1. The summed E-state index contributed by atoms with van der Waals surface area (Å²) < 4.78 is 37.0. The van der Waals surface area contributed by atoms with Gasteiger partial charge in [0.15, 0.2) is 5.13 Å². The van der Waals surface area contributed by atoms with E-state index in [-0.39, 0.29) is 16.4 Å². The number of carbonyl (C=O) groups excluding carboxylic acids is 1. The third kappa shape index (κ3) is 3.22. The van der Waals surface area contributed by atoms with Gasteiger partial charge in [0.05, 0.1) is 6.20 Å². The summed E-state index contributed by atoms with van der Waals surface area (Å²) in [4.78, 5) is 14.3. The van der Waals surface area contributed by atoms with Crippen LogP contribution in [-0.2, 0) is 6.18 Å². The van der Waals surface area contributed by atoms with E-state index < -0.39 is 17.0 Å². The fourth-order valence-corrected chi connectivity index (χ4v) is 1.92. The van der Waals surface area contributed by atoms with Gasteiger partial charge >= 0.3 is 6.18 Å². The molecule has 2 N–H and O–H groups in total. The Kier molecular flexibility index (Phi) is 3.43. The normalized spacial score (nSPS) is 11.3. The third-order valence-electron chi connectivity index (χ3n) is 2.14. The highest BCUT2D eigenvalue weighted by Crippen LogP contribution is 2.35. The molecule has 2 rings (SSSR count). The molecule has 0 aliphatic rings. The molecule has 8 heteroatoms. The van der Waals surface area contributed by atoms with Crippen molar-refractivity contribution in [2.45, 2.75) is 6.18 Å². The lowest BCUT2D eigenvalue weighted by Crippen LogP contribution is -2.11. The predicted molar refractivity (Wildman–Crippen MR) is 63.2 cm³/mol. The maximum Gasteiger partial charge on any atom is 0.427 e. The Labute approximate surface area is 109 Å². The molecule has 1 aromatic heterocycles. The van der Waals surface area contributed by atoms with Crippen LogP contribution < -0.4 is 5.32 Å². The second kappa shape index (κ2) is 4.88. The number of aromatic nitrogens is 1. The minimum atomic E-state index is -4.47. The summed E-state index contributed by atoms with van der Waals surface area (Å²) in [6, 6.07) is 5.31. The largest absolute Gasteiger partial charge is 0.508 e. The van der Waals surface area contributed by atoms with Gasteiger partial charge in [-0.15, -0.1) is 0 Å². The first kappa shape index (κ1) is 13.3. The molecule has 0 aliphatic carbocycles. The highest BCUT2D eigenvalue weighted by molar-refractivity contribution is 7.15. The number of alkyl halides is 3. The summed E-state index contributed by atoms with van der Waals surface area (Å²) >= 11 is 0.349. The molecule has 0 aliphatic heterocycles. The van der Waals surface area contributed by atoms with Gasteiger partial charge in [-0.2, -0.15) is 13.2 Å². The number of halogens is 3. The average molecular weight is 288 g/mol. The van der Waals surface area contributed by atoms with E-state index in [9.17, 15) is 18.0 Å². The number of nitrogens with zero attached hydrogens (tertiary/aromatic N) is 1. The van der Waals surface area contributed by atoms with E-state index in [0.29, 0.717) is 17.5 Å². The molecule has 2 aromatic rings. The van der Waals surface area contributed by atoms with Crippen LogP contribution in [0.1, 0.15) is 15.2 Å². The molecule has 0 fully saturated rings. The molecule has 1 heterocycles. The topological polar surface area (TPSA) is 62.2 Å². The van der Waals surface area contributed by atoms with E-state index >= 15 is 0 Å². The number of hydrogen-bond acceptors (Lipinski definition) is 4. The second-order valence-corrected chi connectivity index (χ2v) is 4.56. The second-order valence-electron chi connectivity index (χ2n) is 3.53. The van der Waals surface area contributed by atoms with Gasteiger partial charge in [-0.05, 0) is 24.3 Å². The first-order valence-electron chi connectivity index (χ1n) is 4.99. The van der Waals surface area contributed by atoms with Gasteiger partial charge in [0.1, 0.15) is 10.6 Å². The molecule has 4 nitrogen and oxygen atoms in total. The van der Waals surface area contributed by atoms with Crippen molar-refractivity contribution >= 4 is 22.4 Å². The standard InChI is InChI=1S/C11H7F3N2O2S/c12-11(13,14)8-5-15-10(19-8)16-9(18)6-1-3-7(17)4-2-6/h1-5,17H,(H,15,16,18). The van der Waals surface area contributed by atoms with Crippen molar-refractivity contribution in [2.75, 3.05) is 5.32 Å². The number of benzene rings is 1. The number of rotatable bonds is 2. The Morgan fingerprint density at radius 3 is 2.42 bits per heavy atom. The lowest BCUT2D eigenvalue weighted by atomic mass is 10.2. The zero-order chi connectivity index (χ0) is 14.0. The summed E-state index contributed by atoms with van der Waals surface area (Å²) in [6.07, 6.45) is -3.81. The molecule has 100 valence electrons. The molecule has 0 atom stereocenters. The fourth-order valence-electron chi connectivity index (χ4n) is 1.25. The number of phenolic OH excluding ortho intramolecular Hbond substituents is 1. The van der Waals surface area contributed by atoms with Crippen LogP contribution in [0.5, 0.6) is 5.75 Å². The Balaban J connectivity index is 2.11. The number of aromatic hydroxyl groups is 1. The van der Waals surface area contributed by atoms with Crippen molar-refractivity contribution in [1.29, 1.82) is 0 Å². The number of phenols is 1. The van der Waals surface area contributed by atoms with Gasteiger partial charge < -0.3 is 5.11 Å². The van der Waals surface area contributed by atoms with E-state index in [0.717, 1.165) is 0 Å². The SMILES string of the molecule is O=C(Nc1ncc(C(F)(F)F)s1)c1ccc(O)cc1. The minimum Gasteiger partial charge on any atom is -0.508 e. The van der Waals surface area contributed by atoms with Crippen LogP contribution in [0.25, 0.3) is 0 Å². The maximum atomic E-state index is 12.3. The number of hydrogen-bond donors (Lipinski definition) is 2. The highest BCUT2D eigenvalue weighted by Gasteiger charge is 2.33. The fraction of sp³-hybridized carbons (Fsp3) is 0.0909. The van der Waals surface area contributed by atoms with Crippen LogP contribution in [0, 0.1) is 0 Å². The molecule has 0 saturated heterocycles. The molecule has 19 heavy (non-hydrogen) atoms. The van der Waals surface area contributed by atoms with Crippen LogP contribution >= 0.6 is 11.3 Å². The van der Waals surface area contributed by atoms with Crippen molar-refractivity contribution in [2.24, 2.45) is 0 Å². The minimum absolute atomic E-state index is 0.00911.